The van der Waals surface area contributed by atoms with E-state index in [9.17, 15) is 23.6 Å². The van der Waals surface area contributed by atoms with Crippen molar-refractivity contribution in [3.05, 3.63) is 62.9 Å². The van der Waals surface area contributed by atoms with E-state index in [1.807, 2.05) is 0 Å². The molecule has 1 aliphatic rings. The van der Waals surface area contributed by atoms with Gasteiger partial charge in [0.1, 0.15) is 11.9 Å². The minimum absolute atomic E-state index is 0.0406. The van der Waals surface area contributed by atoms with E-state index in [0.29, 0.717) is 0 Å². The number of anilines is 1. The SMILES string of the molecule is COC(=O)c1cc(NC(=O)C(C)N2C(=O)c3cc(Cl)c(Cl)cc3C2=O)ccc1F. The van der Waals surface area contributed by atoms with Crippen LogP contribution in [0.1, 0.15) is 38.0 Å². The lowest BCUT2D eigenvalue weighted by molar-refractivity contribution is -0.119. The summed E-state index contributed by atoms with van der Waals surface area (Å²) in [6.45, 7) is 1.35. The van der Waals surface area contributed by atoms with Crippen LogP contribution in [0.4, 0.5) is 10.1 Å². The molecule has 0 fully saturated rings. The fourth-order valence-corrected chi connectivity index (χ4v) is 3.16. The number of nitrogens with one attached hydrogen (secondary N) is 1. The predicted molar refractivity (Wildman–Crippen MR) is 103 cm³/mol. The fraction of sp³-hybridized carbons (Fsp3) is 0.158. The number of methoxy groups -OCH3 is 1. The Labute approximate surface area is 174 Å². The Morgan fingerprint density at radius 3 is 2.14 bits per heavy atom. The number of hydrogen-bond acceptors (Lipinski definition) is 5. The Kier molecular flexibility index (Phi) is 5.59. The van der Waals surface area contributed by atoms with Crippen molar-refractivity contribution in [3.8, 4) is 0 Å². The monoisotopic (exact) mass is 438 g/mol. The van der Waals surface area contributed by atoms with Gasteiger partial charge in [0, 0.05) is 5.69 Å². The average molecular weight is 439 g/mol. The first-order valence-corrected chi connectivity index (χ1v) is 8.97. The first kappa shape index (κ1) is 20.8. The maximum atomic E-state index is 13.7. The summed E-state index contributed by atoms with van der Waals surface area (Å²) in [5.74, 6) is -3.85. The van der Waals surface area contributed by atoms with Gasteiger partial charge in [0.2, 0.25) is 5.91 Å². The number of benzene rings is 2. The summed E-state index contributed by atoms with van der Waals surface area (Å²) in [6.07, 6.45) is 0. The number of rotatable bonds is 4. The molecule has 0 aliphatic carbocycles. The van der Waals surface area contributed by atoms with E-state index in [4.69, 9.17) is 23.2 Å². The summed E-state index contributed by atoms with van der Waals surface area (Å²) in [5, 5.41) is 2.65. The molecule has 7 nitrogen and oxygen atoms in total. The van der Waals surface area contributed by atoms with Gasteiger partial charge >= 0.3 is 5.97 Å². The average Bonchev–Trinajstić information content (AvgIpc) is 2.92. The number of carbonyl (C=O) groups excluding carboxylic acids is 4. The third-order valence-electron chi connectivity index (χ3n) is 4.36. The van der Waals surface area contributed by atoms with Gasteiger partial charge < -0.3 is 10.1 Å². The van der Waals surface area contributed by atoms with E-state index in [0.717, 1.165) is 24.1 Å². The van der Waals surface area contributed by atoms with Crippen molar-refractivity contribution < 1.29 is 28.3 Å². The third-order valence-corrected chi connectivity index (χ3v) is 5.09. The van der Waals surface area contributed by atoms with E-state index in [1.54, 1.807) is 0 Å². The van der Waals surface area contributed by atoms with E-state index in [1.165, 1.54) is 25.1 Å². The van der Waals surface area contributed by atoms with Crippen molar-refractivity contribution in [2.45, 2.75) is 13.0 Å². The number of hydrogen-bond donors (Lipinski definition) is 1. The summed E-state index contributed by atoms with van der Waals surface area (Å²) in [5.41, 5.74) is -0.202. The molecule has 0 saturated carbocycles. The highest BCUT2D eigenvalue weighted by Gasteiger charge is 2.41. The smallest absolute Gasteiger partial charge is 0.340 e. The molecule has 1 N–H and O–H groups in total. The van der Waals surface area contributed by atoms with Crippen LogP contribution >= 0.6 is 23.2 Å². The van der Waals surface area contributed by atoms with Gasteiger partial charge in [0.05, 0.1) is 33.8 Å². The minimum Gasteiger partial charge on any atom is -0.465 e. The molecular formula is C19H13Cl2FN2O5. The normalized spacial score (nSPS) is 13.9. The molecule has 3 rings (SSSR count). The van der Waals surface area contributed by atoms with Crippen LogP contribution in [-0.2, 0) is 9.53 Å². The summed E-state index contributed by atoms with van der Waals surface area (Å²) >= 11 is 11.8. The first-order valence-electron chi connectivity index (χ1n) is 8.21. The molecule has 1 unspecified atom stereocenters. The molecule has 0 radical (unpaired) electrons. The number of imide groups is 1. The summed E-state index contributed by atoms with van der Waals surface area (Å²) in [7, 11) is 1.09. The number of amides is 3. The van der Waals surface area contributed by atoms with Crippen LogP contribution in [0.3, 0.4) is 0 Å². The number of carbonyl (C=O) groups is 4. The number of ether oxygens (including phenoxy) is 1. The zero-order valence-corrected chi connectivity index (χ0v) is 16.6. The molecule has 0 aromatic heterocycles. The second-order valence-corrected chi connectivity index (χ2v) is 6.96. The summed E-state index contributed by atoms with van der Waals surface area (Å²) in [4.78, 5) is 50.2. The molecule has 0 spiro atoms. The zero-order valence-electron chi connectivity index (χ0n) is 15.1. The van der Waals surface area contributed by atoms with E-state index in [-0.39, 0.29) is 32.4 Å². The van der Waals surface area contributed by atoms with Gasteiger partial charge in [0.25, 0.3) is 11.8 Å². The molecule has 10 heteroatoms. The fourth-order valence-electron chi connectivity index (χ4n) is 2.84. The predicted octanol–water partition coefficient (Wildman–Crippen LogP) is 3.54. The van der Waals surface area contributed by atoms with Crippen LogP contribution in [0.25, 0.3) is 0 Å². The third kappa shape index (κ3) is 3.68. The lowest BCUT2D eigenvalue weighted by Crippen LogP contribution is -2.45. The van der Waals surface area contributed by atoms with Crippen molar-refractivity contribution in [2.24, 2.45) is 0 Å². The van der Waals surface area contributed by atoms with Gasteiger partial charge in [-0.2, -0.15) is 0 Å². The van der Waals surface area contributed by atoms with Gasteiger partial charge in [-0.1, -0.05) is 23.2 Å². The van der Waals surface area contributed by atoms with Crippen molar-refractivity contribution in [2.75, 3.05) is 12.4 Å². The maximum Gasteiger partial charge on any atom is 0.340 e. The van der Waals surface area contributed by atoms with Gasteiger partial charge in [-0.05, 0) is 37.3 Å². The number of nitrogens with zero attached hydrogens (tertiary/aromatic N) is 1. The Bertz CT molecular complexity index is 1030. The molecule has 3 amide bonds. The Morgan fingerprint density at radius 2 is 1.62 bits per heavy atom. The maximum absolute atomic E-state index is 13.7. The second-order valence-electron chi connectivity index (χ2n) is 6.14. The molecule has 2 aromatic rings. The highest BCUT2D eigenvalue weighted by molar-refractivity contribution is 6.43. The molecule has 1 aliphatic heterocycles. The highest BCUT2D eigenvalue weighted by Crippen LogP contribution is 2.32. The molecule has 1 atom stereocenters. The topological polar surface area (TPSA) is 92.8 Å². The molecule has 1 heterocycles. The molecule has 0 bridgehead atoms. The molecule has 29 heavy (non-hydrogen) atoms. The van der Waals surface area contributed by atoms with Crippen LogP contribution in [0.2, 0.25) is 10.0 Å². The second kappa shape index (κ2) is 7.81. The lowest BCUT2D eigenvalue weighted by Gasteiger charge is -2.21. The standard InChI is InChI=1S/C19H13Cl2FN2O5/c1-8(16(25)23-9-3-4-15(22)12(5-9)19(28)29-2)24-17(26)10-6-13(20)14(21)7-11(10)18(24)27/h3-8H,1-2H3,(H,23,25). The number of halogens is 3. The Morgan fingerprint density at radius 1 is 1.07 bits per heavy atom. The van der Waals surface area contributed by atoms with E-state index < -0.39 is 35.5 Å². The molecule has 2 aromatic carbocycles. The van der Waals surface area contributed by atoms with Crippen LogP contribution in [-0.4, -0.2) is 41.7 Å². The van der Waals surface area contributed by atoms with Crippen molar-refractivity contribution in [3.63, 3.8) is 0 Å². The van der Waals surface area contributed by atoms with E-state index >= 15 is 0 Å². The number of fused-ring (bicyclic) bond motifs is 1. The summed E-state index contributed by atoms with van der Waals surface area (Å²) < 4.78 is 18.2. The van der Waals surface area contributed by atoms with Gasteiger partial charge in [-0.15, -0.1) is 0 Å². The number of esters is 1. The van der Waals surface area contributed by atoms with Crippen molar-refractivity contribution in [1.82, 2.24) is 4.90 Å². The Hall–Kier alpha value is -2.97. The molecule has 150 valence electrons. The van der Waals surface area contributed by atoms with Gasteiger partial charge in [-0.25, -0.2) is 9.18 Å². The van der Waals surface area contributed by atoms with Gasteiger partial charge in [0.15, 0.2) is 0 Å². The lowest BCUT2D eigenvalue weighted by atomic mass is 10.1. The quantitative estimate of drug-likeness (QED) is 0.581. The van der Waals surface area contributed by atoms with Crippen LogP contribution in [0.15, 0.2) is 30.3 Å². The van der Waals surface area contributed by atoms with Crippen LogP contribution in [0.5, 0.6) is 0 Å². The summed E-state index contributed by atoms with van der Waals surface area (Å²) in [6, 6.07) is 4.64. The van der Waals surface area contributed by atoms with Crippen LogP contribution < -0.4 is 5.32 Å². The highest BCUT2D eigenvalue weighted by atomic mass is 35.5. The molecule has 0 saturated heterocycles. The first-order chi connectivity index (χ1) is 13.6. The van der Waals surface area contributed by atoms with Gasteiger partial charge in [-0.3, -0.25) is 19.3 Å². The van der Waals surface area contributed by atoms with Crippen LogP contribution in [0, 0.1) is 5.82 Å². The van der Waals surface area contributed by atoms with Crippen molar-refractivity contribution in [1.29, 1.82) is 0 Å². The largest absolute Gasteiger partial charge is 0.465 e. The van der Waals surface area contributed by atoms with Crippen molar-refractivity contribution >= 4 is 52.6 Å². The zero-order chi connectivity index (χ0) is 21.5. The Balaban J connectivity index is 1.84. The van der Waals surface area contributed by atoms with E-state index in [2.05, 4.69) is 10.1 Å². The molecular weight excluding hydrogens is 426 g/mol. The minimum atomic E-state index is -1.20.